The molecule has 18 heavy (non-hydrogen) atoms. The van der Waals surface area contributed by atoms with Crippen molar-refractivity contribution >= 4 is 28.2 Å². The van der Waals surface area contributed by atoms with Gasteiger partial charge in [-0.05, 0) is 23.7 Å². The average molecular weight is 256 g/mol. The normalized spacial score (nSPS) is 10.9. The fourth-order valence-corrected chi connectivity index (χ4v) is 2.61. The summed E-state index contributed by atoms with van der Waals surface area (Å²) in [5.74, 6) is 1.03. The van der Waals surface area contributed by atoms with Gasteiger partial charge in [0, 0.05) is 28.9 Å². The van der Waals surface area contributed by atoms with Gasteiger partial charge >= 0.3 is 0 Å². The fourth-order valence-electron chi connectivity index (χ4n) is 2.11. The molecular formula is C14H12N2OS. The molecule has 0 atom stereocenters. The maximum absolute atomic E-state index is 12.0. The van der Waals surface area contributed by atoms with Crippen molar-refractivity contribution < 1.29 is 4.79 Å². The molecule has 90 valence electrons. The Labute approximate surface area is 109 Å². The first-order valence-corrected chi connectivity index (χ1v) is 6.69. The summed E-state index contributed by atoms with van der Waals surface area (Å²) in [7, 11) is 0. The lowest BCUT2D eigenvalue weighted by atomic mass is 10.1. The highest BCUT2D eigenvalue weighted by Crippen LogP contribution is 2.25. The Kier molecular flexibility index (Phi) is 2.72. The molecular weight excluding hydrogens is 244 g/mol. The van der Waals surface area contributed by atoms with Crippen LogP contribution in [-0.4, -0.2) is 14.7 Å². The lowest BCUT2D eigenvalue weighted by Crippen LogP contribution is -1.95. The van der Waals surface area contributed by atoms with Crippen molar-refractivity contribution in [2.45, 2.75) is 13.3 Å². The minimum Gasteiger partial charge on any atom is -0.300 e. The second-order valence-electron chi connectivity index (χ2n) is 4.06. The van der Waals surface area contributed by atoms with Gasteiger partial charge in [-0.3, -0.25) is 9.36 Å². The zero-order valence-corrected chi connectivity index (χ0v) is 10.8. The molecule has 2 heterocycles. The topological polar surface area (TPSA) is 34.9 Å². The van der Waals surface area contributed by atoms with Gasteiger partial charge in [0.15, 0.2) is 11.6 Å². The number of rotatable bonds is 3. The van der Waals surface area contributed by atoms with E-state index < -0.39 is 0 Å². The van der Waals surface area contributed by atoms with Gasteiger partial charge in [-0.15, -0.1) is 0 Å². The Balaban J connectivity index is 2.31. The molecule has 0 aliphatic carbocycles. The summed E-state index contributed by atoms with van der Waals surface area (Å²) in [4.78, 5) is 12.0. The summed E-state index contributed by atoms with van der Waals surface area (Å²) in [6.45, 7) is 1.89. The number of fused-ring (bicyclic) bond motifs is 1. The maximum atomic E-state index is 12.0. The van der Waals surface area contributed by atoms with Crippen LogP contribution in [0.4, 0.5) is 0 Å². The van der Waals surface area contributed by atoms with Crippen LogP contribution in [-0.2, 0) is 0 Å². The first-order valence-electron chi connectivity index (χ1n) is 5.85. The Morgan fingerprint density at radius 3 is 2.89 bits per heavy atom. The second-order valence-corrected chi connectivity index (χ2v) is 4.73. The molecule has 3 rings (SSSR count). The fraction of sp³-hybridized carbons (Fsp3) is 0.143. The number of aromatic nitrogens is 2. The van der Waals surface area contributed by atoms with E-state index in [9.17, 15) is 4.79 Å². The van der Waals surface area contributed by atoms with Crippen molar-refractivity contribution in [1.82, 2.24) is 8.94 Å². The lowest BCUT2D eigenvalue weighted by molar-refractivity contribution is 0.0989. The number of hydrogen-bond donors (Lipinski definition) is 0. The smallest absolute Gasteiger partial charge is 0.164 e. The number of carbonyl (C=O) groups excluding carboxylic acids is 1. The van der Waals surface area contributed by atoms with E-state index >= 15 is 0 Å². The molecule has 0 saturated carbocycles. The molecule has 3 nitrogen and oxygen atoms in total. The highest BCUT2D eigenvalue weighted by atomic mass is 32.1. The van der Waals surface area contributed by atoms with E-state index in [-0.39, 0.29) is 5.78 Å². The van der Waals surface area contributed by atoms with Crippen molar-refractivity contribution in [3.05, 3.63) is 47.5 Å². The Bertz CT molecular complexity index is 698. The minimum atomic E-state index is 0.167. The minimum absolute atomic E-state index is 0.167. The van der Waals surface area contributed by atoms with E-state index in [2.05, 4.69) is 4.37 Å². The third-order valence-electron chi connectivity index (χ3n) is 3.00. The maximum Gasteiger partial charge on any atom is 0.164 e. The molecule has 0 fully saturated rings. The number of para-hydroxylation sites is 1. The molecule has 0 aliphatic heterocycles. The predicted octanol–water partition coefficient (Wildman–Crippen LogP) is 3.68. The SMILES string of the molecule is CCC(=O)c1cn(-c2ccsn2)c2ccccc12. The lowest BCUT2D eigenvalue weighted by Gasteiger charge is -1.98. The van der Waals surface area contributed by atoms with Crippen LogP contribution in [0.2, 0.25) is 0 Å². The number of ketones is 1. The van der Waals surface area contributed by atoms with Gasteiger partial charge in [-0.25, -0.2) is 0 Å². The van der Waals surface area contributed by atoms with Crippen LogP contribution < -0.4 is 0 Å². The van der Waals surface area contributed by atoms with E-state index in [1.807, 2.05) is 53.4 Å². The van der Waals surface area contributed by atoms with Gasteiger partial charge in [-0.1, -0.05) is 25.1 Å². The Morgan fingerprint density at radius 2 is 2.17 bits per heavy atom. The van der Waals surface area contributed by atoms with E-state index in [4.69, 9.17) is 0 Å². The summed E-state index contributed by atoms with van der Waals surface area (Å²) in [6, 6.07) is 9.89. The summed E-state index contributed by atoms with van der Waals surface area (Å²) in [6.07, 6.45) is 2.41. The number of benzene rings is 1. The number of Topliss-reactive ketones (excluding diaryl/α,β-unsaturated/α-hetero) is 1. The molecule has 0 amide bonds. The van der Waals surface area contributed by atoms with Gasteiger partial charge in [0.2, 0.25) is 0 Å². The van der Waals surface area contributed by atoms with E-state index in [1.54, 1.807) is 0 Å². The number of nitrogens with zero attached hydrogens (tertiary/aromatic N) is 2. The molecule has 0 N–H and O–H groups in total. The van der Waals surface area contributed by atoms with Crippen molar-refractivity contribution in [1.29, 1.82) is 0 Å². The average Bonchev–Trinajstić information content (AvgIpc) is 3.04. The molecule has 0 bridgehead atoms. The summed E-state index contributed by atoms with van der Waals surface area (Å²) in [5.41, 5.74) is 1.81. The summed E-state index contributed by atoms with van der Waals surface area (Å²) < 4.78 is 6.31. The van der Waals surface area contributed by atoms with Gasteiger partial charge < -0.3 is 0 Å². The van der Waals surface area contributed by atoms with Crippen LogP contribution in [0, 0.1) is 0 Å². The molecule has 0 radical (unpaired) electrons. The third-order valence-corrected chi connectivity index (χ3v) is 3.55. The van der Waals surface area contributed by atoms with Gasteiger partial charge in [0.05, 0.1) is 5.52 Å². The van der Waals surface area contributed by atoms with Crippen LogP contribution in [0.5, 0.6) is 0 Å². The molecule has 4 heteroatoms. The quantitative estimate of drug-likeness (QED) is 0.670. The highest BCUT2D eigenvalue weighted by Gasteiger charge is 2.14. The molecule has 3 aromatic rings. The zero-order chi connectivity index (χ0) is 12.5. The van der Waals surface area contributed by atoms with Gasteiger partial charge in [0.1, 0.15) is 0 Å². The summed E-state index contributed by atoms with van der Waals surface area (Å²) >= 11 is 1.41. The van der Waals surface area contributed by atoms with Crippen molar-refractivity contribution in [3.8, 4) is 5.82 Å². The molecule has 2 aromatic heterocycles. The van der Waals surface area contributed by atoms with E-state index in [0.717, 1.165) is 22.3 Å². The molecule has 0 aliphatic rings. The Hall–Kier alpha value is -1.94. The van der Waals surface area contributed by atoms with E-state index in [0.29, 0.717) is 6.42 Å². The molecule has 0 spiro atoms. The zero-order valence-electron chi connectivity index (χ0n) is 9.96. The van der Waals surface area contributed by atoms with Crippen LogP contribution in [0.25, 0.3) is 16.7 Å². The molecule has 0 saturated heterocycles. The Morgan fingerprint density at radius 1 is 1.33 bits per heavy atom. The predicted molar refractivity (Wildman–Crippen MR) is 73.6 cm³/mol. The second kappa shape index (κ2) is 4.38. The van der Waals surface area contributed by atoms with E-state index in [1.165, 1.54) is 11.5 Å². The van der Waals surface area contributed by atoms with Gasteiger partial charge in [-0.2, -0.15) is 4.37 Å². The summed E-state index contributed by atoms with van der Waals surface area (Å²) in [5, 5.41) is 2.93. The van der Waals surface area contributed by atoms with Crippen molar-refractivity contribution in [2.75, 3.05) is 0 Å². The first-order chi connectivity index (χ1) is 8.81. The van der Waals surface area contributed by atoms with Crippen molar-refractivity contribution in [2.24, 2.45) is 0 Å². The van der Waals surface area contributed by atoms with Crippen LogP contribution >= 0.6 is 11.5 Å². The molecule has 0 unspecified atom stereocenters. The monoisotopic (exact) mass is 256 g/mol. The number of hydrogen-bond acceptors (Lipinski definition) is 3. The van der Waals surface area contributed by atoms with Crippen LogP contribution in [0.15, 0.2) is 41.9 Å². The number of carbonyl (C=O) groups is 1. The first kappa shape index (κ1) is 11.2. The third kappa shape index (κ3) is 1.66. The highest BCUT2D eigenvalue weighted by molar-refractivity contribution is 7.03. The van der Waals surface area contributed by atoms with Gasteiger partial charge in [0.25, 0.3) is 0 Å². The molecule has 1 aromatic carbocycles. The standard InChI is InChI=1S/C14H12N2OS/c1-2-13(17)11-9-16(14-7-8-18-15-14)12-6-4-3-5-10(11)12/h3-9H,2H2,1H3. The van der Waals surface area contributed by atoms with Crippen molar-refractivity contribution in [3.63, 3.8) is 0 Å². The van der Waals surface area contributed by atoms with Crippen LogP contribution in [0.1, 0.15) is 23.7 Å². The van der Waals surface area contributed by atoms with Crippen LogP contribution in [0.3, 0.4) is 0 Å². The largest absolute Gasteiger partial charge is 0.300 e.